The molecule has 8 nitrogen and oxygen atoms in total. The molecule has 1 aromatic carbocycles. The molecule has 0 atom stereocenters. The summed E-state index contributed by atoms with van der Waals surface area (Å²) in [6.07, 6.45) is 7.62. The molecule has 1 saturated heterocycles. The number of benzene rings is 1. The first-order chi connectivity index (χ1) is 16.9. The minimum atomic E-state index is -0.0771. The van der Waals surface area contributed by atoms with Crippen molar-refractivity contribution in [1.82, 2.24) is 24.4 Å². The lowest BCUT2D eigenvalue weighted by molar-refractivity contribution is -0.137. The van der Waals surface area contributed by atoms with Crippen LogP contribution in [0.4, 0.5) is 5.82 Å². The molecule has 0 radical (unpaired) electrons. The highest BCUT2D eigenvalue weighted by Crippen LogP contribution is 2.47. The number of anilines is 1. The van der Waals surface area contributed by atoms with Gasteiger partial charge in [-0.25, -0.2) is 15.0 Å². The van der Waals surface area contributed by atoms with Crippen LogP contribution in [0.3, 0.4) is 0 Å². The lowest BCUT2D eigenvalue weighted by Crippen LogP contribution is -2.42. The zero-order valence-corrected chi connectivity index (χ0v) is 22.2. The van der Waals surface area contributed by atoms with Crippen LogP contribution in [-0.2, 0) is 17.8 Å². The molecule has 35 heavy (non-hydrogen) atoms. The number of carbonyl (C=O) groups is 1. The predicted molar refractivity (Wildman–Crippen MR) is 138 cm³/mol. The molecule has 0 spiro atoms. The number of carbonyl (C=O) groups excluding carboxylic acids is 1. The van der Waals surface area contributed by atoms with Crippen molar-refractivity contribution in [1.29, 1.82) is 0 Å². The maximum absolute atomic E-state index is 12.7. The molecule has 2 fully saturated rings. The number of fused-ring (bicyclic) bond motifs is 2. The Kier molecular flexibility index (Phi) is 5.91. The molecule has 3 aliphatic rings. The lowest BCUT2D eigenvalue weighted by atomic mass is 9.92. The van der Waals surface area contributed by atoms with Gasteiger partial charge in [-0.1, -0.05) is 18.7 Å². The van der Waals surface area contributed by atoms with E-state index < -0.39 is 0 Å². The van der Waals surface area contributed by atoms with Gasteiger partial charge in [0, 0.05) is 40.8 Å². The summed E-state index contributed by atoms with van der Waals surface area (Å²) < 4.78 is 8.87. The largest absolute Gasteiger partial charge is 0.493 e. The van der Waals surface area contributed by atoms with Crippen molar-refractivity contribution in [3.63, 3.8) is 0 Å². The highest BCUT2D eigenvalue weighted by atomic mass is 79.9. The van der Waals surface area contributed by atoms with Crippen LogP contribution in [0.1, 0.15) is 44.6 Å². The third kappa shape index (κ3) is 4.39. The van der Waals surface area contributed by atoms with Gasteiger partial charge < -0.3 is 19.9 Å². The average Bonchev–Trinajstić information content (AvgIpc) is 3.28. The normalized spacial score (nSPS) is 19.1. The molecule has 0 unspecified atom stereocenters. The Morgan fingerprint density at radius 2 is 2.09 bits per heavy atom. The van der Waals surface area contributed by atoms with E-state index in [4.69, 9.17) is 15.5 Å². The van der Waals surface area contributed by atoms with Gasteiger partial charge >= 0.3 is 0 Å². The number of nitrogen functional groups attached to an aromatic ring is 1. The second kappa shape index (κ2) is 8.96. The van der Waals surface area contributed by atoms with Crippen molar-refractivity contribution in [2.45, 2.75) is 62.0 Å². The minimum absolute atomic E-state index is 0.0771. The zero-order chi connectivity index (χ0) is 24.2. The Morgan fingerprint density at radius 1 is 1.29 bits per heavy atom. The number of rotatable bonds is 6. The third-order valence-corrected chi connectivity index (χ3v) is 9.62. The number of aryl methyl sites for hydroxylation is 1. The number of imidazole rings is 1. The quantitative estimate of drug-likeness (QED) is 0.470. The van der Waals surface area contributed by atoms with E-state index in [9.17, 15) is 4.79 Å². The van der Waals surface area contributed by atoms with Gasteiger partial charge in [0.05, 0.1) is 6.61 Å². The summed E-state index contributed by atoms with van der Waals surface area (Å²) >= 11 is 5.32. The monoisotopic (exact) mass is 556 g/mol. The first kappa shape index (κ1) is 23.1. The van der Waals surface area contributed by atoms with Crippen LogP contribution >= 0.6 is 27.7 Å². The molecule has 2 N–H and O–H groups in total. The molecule has 3 aromatic rings. The van der Waals surface area contributed by atoms with Gasteiger partial charge in [-0.3, -0.25) is 4.79 Å². The zero-order valence-electron chi connectivity index (χ0n) is 19.8. The van der Waals surface area contributed by atoms with Gasteiger partial charge in [-0.2, -0.15) is 0 Å². The molecular formula is C25H29BrN6O2S. The van der Waals surface area contributed by atoms with Crippen molar-refractivity contribution in [2.24, 2.45) is 11.3 Å². The fourth-order valence-corrected chi connectivity index (χ4v) is 6.63. The molecule has 1 amide bonds. The molecule has 6 rings (SSSR count). The van der Waals surface area contributed by atoms with E-state index in [-0.39, 0.29) is 5.41 Å². The molecule has 2 aromatic heterocycles. The lowest BCUT2D eigenvalue weighted by Gasteiger charge is -2.34. The smallest absolute Gasteiger partial charge is 0.228 e. The van der Waals surface area contributed by atoms with E-state index in [1.165, 1.54) is 11.9 Å². The summed E-state index contributed by atoms with van der Waals surface area (Å²) in [7, 11) is 0. The van der Waals surface area contributed by atoms with E-state index in [1.54, 1.807) is 11.8 Å². The van der Waals surface area contributed by atoms with Crippen molar-refractivity contribution in [3.05, 3.63) is 28.5 Å². The summed E-state index contributed by atoms with van der Waals surface area (Å²) in [6.45, 7) is 5.36. The number of nitrogens with two attached hydrogens (primary N) is 1. The number of piperidine rings is 1. The topological polar surface area (TPSA) is 99.2 Å². The Morgan fingerprint density at radius 3 is 2.86 bits per heavy atom. The number of hydrogen-bond acceptors (Lipinski definition) is 7. The van der Waals surface area contributed by atoms with Gasteiger partial charge in [0.15, 0.2) is 22.1 Å². The number of amides is 1. The van der Waals surface area contributed by atoms with Crippen LogP contribution in [0.15, 0.2) is 33.0 Å². The average molecular weight is 558 g/mol. The summed E-state index contributed by atoms with van der Waals surface area (Å²) in [5.74, 6) is 2.28. The molecule has 1 saturated carbocycles. The fraction of sp³-hybridized carbons (Fsp3) is 0.520. The molecular weight excluding hydrogens is 528 g/mol. The Hall–Kier alpha value is -2.33. The SMILES string of the molecule is CC1(C(=O)N2CCC(CCn3c(Sc4cc5c(cc4Br)OCC5)nc4c(N)ncnc43)CC2)CC1. The van der Waals surface area contributed by atoms with Crippen LogP contribution in [0.2, 0.25) is 0 Å². The summed E-state index contributed by atoms with van der Waals surface area (Å²) in [6, 6.07) is 4.23. The van der Waals surface area contributed by atoms with Crippen LogP contribution < -0.4 is 10.5 Å². The molecule has 2 aliphatic heterocycles. The summed E-state index contributed by atoms with van der Waals surface area (Å²) in [5.41, 5.74) is 8.72. The van der Waals surface area contributed by atoms with Crippen LogP contribution in [-0.4, -0.2) is 50.0 Å². The van der Waals surface area contributed by atoms with E-state index >= 15 is 0 Å². The van der Waals surface area contributed by atoms with Gasteiger partial charge in [-0.05, 0) is 71.6 Å². The molecule has 0 bridgehead atoms. The minimum Gasteiger partial charge on any atom is -0.493 e. The third-order valence-electron chi connectivity index (χ3n) is 7.65. The first-order valence-electron chi connectivity index (χ1n) is 12.3. The second-order valence-electron chi connectivity index (χ2n) is 10.2. The number of nitrogens with zero attached hydrogens (tertiary/aromatic N) is 5. The van der Waals surface area contributed by atoms with Gasteiger partial charge in [0.2, 0.25) is 5.91 Å². The molecule has 4 heterocycles. The Labute approximate surface area is 217 Å². The van der Waals surface area contributed by atoms with Crippen LogP contribution in [0, 0.1) is 11.3 Å². The number of ether oxygens (including phenoxy) is 1. The summed E-state index contributed by atoms with van der Waals surface area (Å²) in [4.78, 5) is 29.4. The predicted octanol–water partition coefficient (Wildman–Crippen LogP) is 4.69. The summed E-state index contributed by atoms with van der Waals surface area (Å²) in [5, 5.41) is 0.862. The van der Waals surface area contributed by atoms with Crippen molar-refractivity contribution < 1.29 is 9.53 Å². The van der Waals surface area contributed by atoms with E-state index in [0.717, 1.165) is 90.7 Å². The molecule has 184 valence electrons. The van der Waals surface area contributed by atoms with Crippen molar-refractivity contribution >= 4 is 50.6 Å². The number of aromatic nitrogens is 4. The molecule has 10 heteroatoms. The Balaban J connectivity index is 1.20. The number of halogens is 1. The Bertz CT molecular complexity index is 1300. The van der Waals surface area contributed by atoms with E-state index in [2.05, 4.69) is 48.4 Å². The van der Waals surface area contributed by atoms with Gasteiger partial charge in [-0.15, -0.1) is 0 Å². The van der Waals surface area contributed by atoms with Gasteiger partial charge in [0.25, 0.3) is 0 Å². The van der Waals surface area contributed by atoms with E-state index in [0.29, 0.717) is 23.2 Å². The van der Waals surface area contributed by atoms with Crippen LogP contribution in [0.5, 0.6) is 5.75 Å². The van der Waals surface area contributed by atoms with Crippen molar-refractivity contribution in [2.75, 3.05) is 25.4 Å². The number of hydrogen-bond donors (Lipinski definition) is 1. The fourth-order valence-electron chi connectivity index (χ4n) is 5.09. The maximum Gasteiger partial charge on any atom is 0.228 e. The standard InChI is InChI=1S/C25H29BrN6O2S/c1-25(6-7-25)23(33)31-8-2-15(3-9-31)4-10-32-22-20(21(27)28-14-29-22)30-24(32)35-19-12-16-5-11-34-18(16)13-17(19)26/h12-15H,2-11H2,1H3,(H2,27,28,29). The highest BCUT2D eigenvalue weighted by Gasteiger charge is 2.47. The van der Waals surface area contributed by atoms with Crippen molar-refractivity contribution in [3.8, 4) is 5.75 Å². The van der Waals surface area contributed by atoms with Gasteiger partial charge in [0.1, 0.15) is 12.1 Å². The number of likely N-dealkylation sites (tertiary alicyclic amines) is 1. The second-order valence-corrected chi connectivity index (χ2v) is 12.0. The molecule has 1 aliphatic carbocycles. The highest BCUT2D eigenvalue weighted by molar-refractivity contribution is 9.10. The maximum atomic E-state index is 12.7. The van der Waals surface area contributed by atoms with Crippen LogP contribution in [0.25, 0.3) is 11.2 Å². The van der Waals surface area contributed by atoms with E-state index in [1.807, 2.05) is 6.07 Å². The first-order valence-corrected chi connectivity index (χ1v) is 13.9.